The van der Waals surface area contributed by atoms with Crippen LogP contribution in [0, 0.1) is 0 Å². The van der Waals surface area contributed by atoms with E-state index in [9.17, 15) is 9.59 Å². The molecule has 0 unspecified atom stereocenters. The number of hydrogen-bond acceptors (Lipinski definition) is 3. The van der Waals surface area contributed by atoms with Gasteiger partial charge < -0.3 is 4.74 Å². The number of nitrogens with zero attached hydrogens (tertiary/aromatic N) is 1. The first-order valence-corrected chi connectivity index (χ1v) is 10.2. The van der Waals surface area contributed by atoms with E-state index in [1.807, 2.05) is 48.5 Å². The molecule has 0 atom stereocenters. The third kappa shape index (κ3) is 4.26. The number of carbonyl (C=O) groups is 2. The van der Waals surface area contributed by atoms with Crippen LogP contribution >= 0.6 is 23.2 Å². The van der Waals surface area contributed by atoms with Gasteiger partial charge in [0.25, 0.3) is 5.91 Å². The number of anilines is 1. The lowest BCUT2D eigenvalue weighted by Crippen LogP contribution is -2.25. The first-order valence-electron chi connectivity index (χ1n) is 9.44. The van der Waals surface area contributed by atoms with Crippen molar-refractivity contribution in [3.63, 3.8) is 0 Å². The third-order valence-corrected chi connectivity index (χ3v) is 5.44. The number of amides is 1. The van der Waals surface area contributed by atoms with Crippen molar-refractivity contribution in [1.82, 2.24) is 0 Å². The summed E-state index contributed by atoms with van der Waals surface area (Å²) in [5, 5.41) is 0.878. The number of hydrogen-bond donors (Lipinski definition) is 0. The van der Waals surface area contributed by atoms with Gasteiger partial charge in [0.15, 0.2) is 0 Å². The molecule has 1 aliphatic rings. The Kier molecular flexibility index (Phi) is 5.94. The fourth-order valence-electron chi connectivity index (χ4n) is 3.35. The van der Waals surface area contributed by atoms with Gasteiger partial charge in [-0.2, -0.15) is 0 Å². The van der Waals surface area contributed by atoms with Crippen molar-refractivity contribution in [3.8, 4) is 0 Å². The molecule has 0 aromatic heterocycles. The fraction of sp³-hybridized carbons (Fsp3) is 0.0400. The Balaban J connectivity index is 1.83. The van der Waals surface area contributed by atoms with E-state index in [1.54, 1.807) is 41.3 Å². The number of ether oxygens (including phenoxy) is 1. The van der Waals surface area contributed by atoms with Crippen molar-refractivity contribution < 1.29 is 14.3 Å². The molecule has 0 radical (unpaired) electrons. The van der Waals surface area contributed by atoms with Gasteiger partial charge in [0.2, 0.25) is 0 Å². The molecule has 0 saturated carbocycles. The highest BCUT2D eigenvalue weighted by Crippen LogP contribution is 2.36. The van der Waals surface area contributed by atoms with Crippen LogP contribution in [0.4, 0.5) is 5.69 Å². The van der Waals surface area contributed by atoms with Crippen LogP contribution in [-0.4, -0.2) is 19.0 Å². The van der Waals surface area contributed by atoms with Gasteiger partial charge >= 0.3 is 5.97 Å². The molecule has 0 N–H and O–H groups in total. The summed E-state index contributed by atoms with van der Waals surface area (Å²) >= 11 is 12.1. The molecule has 0 bridgehead atoms. The van der Waals surface area contributed by atoms with E-state index in [-0.39, 0.29) is 16.5 Å². The van der Waals surface area contributed by atoms with Crippen LogP contribution in [0.3, 0.4) is 0 Å². The number of esters is 1. The molecule has 1 aliphatic heterocycles. The molecule has 1 heterocycles. The average Bonchev–Trinajstić information content (AvgIpc) is 3.11. The first-order chi connectivity index (χ1) is 15.0. The van der Waals surface area contributed by atoms with Gasteiger partial charge in [0.05, 0.1) is 29.1 Å². The first kappa shape index (κ1) is 20.9. The predicted molar refractivity (Wildman–Crippen MR) is 124 cm³/mol. The average molecular weight is 450 g/mol. The van der Waals surface area contributed by atoms with Crippen LogP contribution in [0.1, 0.15) is 21.5 Å². The molecule has 0 fully saturated rings. The molecule has 154 valence electrons. The number of halogens is 2. The molecule has 31 heavy (non-hydrogen) atoms. The smallest absolute Gasteiger partial charge is 0.339 e. The lowest BCUT2D eigenvalue weighted by molar-refractivity contribution is -0.113. The van der Waals surface area contributed by atoms with Crippen LogP contribution < -0.4 is 4.90 Å². The second kappa shape index (κ2) is 8.80. The summed E-state index contributed by atoms with van der Waals surface area (Å²) in [5.74, 6) is -0.785. The van der Waals surface area contributed by atoms with E-state index in [1.165, 1.54) is 7.11 Å². The third-order valence-electron chi connectivity index (χ3n) is 4.86. The summed E-state index contributed by atoms with van der Waals surface area (Å²) in [6, 6.07) is 21.7. The van der Waals surface area contributed by atoms with Crippen molar-refractivity contribution >= 4 is 52.5 Å². The maximum absolute atomic E-state index is 13.4. The van der Waals surface area contributed by atoms with Crippen LogP contribution in [0.15, 0.2) is 84.4 Å². The summed E-state index contributed by atoms with van der Waals surface area (Å²) < 4.78 is 4.82. The Labute approximate surface area is 190 Å². The molecular weight excluding hydrogens is 433 g/mol. The number of rotatable bonds is 4. The SMILES string of the molecule is COC(=O)c1cc(N2C(=O)C(=Cc3ccc(Cl)cc3)C=C2c2ccccc2)ccc1Cl. The second-order valence-corrected chi connectivity index (χ2v) is 7.69. The Morgan fingerprint density at radius 1 is 0.968 bits per heavy atom. The molecule has 3 aromatic rings. The Hall–Kier alpha value is -3.34. The van der Waals surface area contributed by atoms with Gasteiger partial charge in [-0.25, -0.2) is 4.79 Å². The Bertz CT molecular complexity index is 1220. The van der Waals surface area contributed by atoms with Crippen molar-refractivity contribution in [3.05, 3.63) is 111 Å². The molecule has 6 heteroatoms. The van der Waals surface area contributed by atoms with E-state index < -0.39 is 5.97 Å². The minimum absolute atomic E-state index is 0.192. The predicted octanol–water partition coefficient (Wildman–Crippen LogP) is 6.25. The number of carbonyl (C=O) groups excluding carboxylic acids is 2. The van der Waals surface area contributed by atoms with Crippen molar-refractivity contribution in [2.24, 2.45) is 0 Å². The summed E-state index contributed by atoms with van der Waals surface area (Å²) in [5.41, 5.74) is 3.63. The second-order valence-electron chi connectivity index (χ2n) is 6.84. The minimum atomic E-state index is -0.569. The quantitative estimate of drug-likeness (QED) is 0.349. The summed E-state index contributed by atoms with van der Waals surface area (Å²) in [7, 11) is 1.29. The van der Waals surface area contributed by atoms with Gasteiger partial charge in [0, 0.05) is 10.6 Å². The van der Waals surface area contributed by atoms with Crippen molar-refractivity contribution in [2.45, 2.75) is 0 Å². The standard InChI is InChI=1S/C25H17Cl2NO3/c1-31-25(30)21-15-20(11-12-22(21)27)28-23(17-5-3-2-4-6-17)14-18(24(28)29)13-16-7-9-19(26)10-8-16/h2-15H,1H3. The largest absolute Gasteiger partial charge is 0.465 e. The van der Waals surface area contributed by atoms with E-state index in [4.69, 9.17) is 27.9 Å². The van der Waals surface area contributed by atoms with Crippen molar-refractivity contribution in [1.29, 1.82) is 0 Å². The minimum Gasteiger partial charge on any atom is -0.465 e. The molecule has 1 amide bonds. The van der Waals surface area contributed by atoms with Crippen molar-refractivity contribution in [2.75, 3.05) is 12.0 Å². The van der Waals surface area contributed by atoms with Crippen LogP contribution in [0.2, 0.25) is 10.0 Å². The maximum Gasteiger partial charge on any atom is 0.339 e. The number of benzene rings is 3. The lowest BCUT2D eigenvalue weighted by Gasteiger charge is -2.21. The van der Waals surface area contributed by atoms with Crippen LogP contribution in [0.5, 0.6) is 0 Å². The highest BCUT2D eigenvalue weighted by molar-refractivity contribution is 6.34. The van der Waals surface area contributed by atoms with E-state index in [0.29, 0.717) is 22.0 Å². The summed E-state index contributed by atoms with van der Waals surface area (Å²) in [6.45, 7) is 0. The molecule has 0 saturated heterocycles. The van der Waals surface area contributed by atoms with Gasteiger partial charge in [-0.3, -0.25) is 9.69 Å². The zero-order valence-electron chi connectivity index (χ0n) is 16.5. The Morgan fingerprint density at radius 2 is 1.68 bits per heavy atom. The topological polar surface area (TPSA) is 46.6 Å². The molecular formula is C25H17Cl2NO3. The zero-order valence-corrected chi connectivity index (χ0v) is 18.0. The molecule has 4 nitrogen and oxygen atoms in total. The fourth-order valence-corrected chi connectivity index (χ4v) is 3.67. The van der Waals surface area contributed by atoms with E-state index in [0.717, 1.165) is 11.1 Å². The van der Waals surface area contributed by atoms with Crippen LogP contribution in [0.25, 0.3) is 11.8 Å². The van der Waals surface area contributed by atoms with Gasteiger partial charge in [0.1, 0.15) is 0 Å². The molecule has 4 rings (SSSR count). The maximum atomic E-state index is 13.4. The Morgan fingerprint density at radius 3 is 2.35 bits per heavy atom. The summed E-state index contributed by atoms with van der Waals surface area (Å²) in [6.07, 6.45) is 3.64. The highest BCUT2D eigenvalue weighted by Gasteiger charge is 2.31. The molecule has 0 aliphatic carbocycles. The zero-order chi connectivity index (χ0) is 22.0. The number of methoxy groups -OCH3 is 1. The molecule has 0 spiro atoms. The van der Waals surface area contributed by atoms with E-state index >= 15 is 0 Å². The van der Waals surface area contributed by atoms with E-state index in [2.05, 4.69) is 0 Å². The van der Waals surface area contributed by atoms with Crippen LogP contribution in [-0.2, 0) is 9.53 Å². The van der Waals surface area contributed by atoms with Gasteiger partial charge in [-0.1, -0.05) is 65.7 Å². The normalized spacial score (nSPS) is 14.7. The monoisotopic (exact) mass is 449 g/mol. The lowest BCUT2D eigenvalue weighted by atomic mass is 10.1. The summed E-state index contributed by atoms with van der Waals surface area (Å²) in [4.78, 5) is 27.1. The van der Waals surface area contributed by atoms with Gasteiger partial charge in [-0.05, 0) is 53.6 Å². The molecule has 3 aromatic carbocycles. The van der Waals surface area contributed by atoms with Gasteiger partial charge in [-0.15, -0.1) is 0 Å². The highest BCUT2D eigenvalue weighted by atomic mass is 35.5.